The van der Waals surface area contributed by atoms with E-state index in [0.29, 0.717) is 24.5 Å². The van der Waals surface area contributed by atoms with Gasteiger partial charge in [-0.05, 0) is 65.4 Å². The number of anilines is 1. The number of ether oxygens (including phenoxy) is 1. The fourth-order valence-corrected chi connectivity index (χ4v) is 5.47. The minimum atomic E-state index is 0.301. The Balaban J connectivity index is 1.29. The zero-order chi connectivity index (χ0) is 22.9. The molecular weight excluding hydrogens is 416 g/mol. The molecule has 0 spiro atoms. The predicted octanol–water partition coefficient (Wildman–Crippen LogP) is 7.82. The van der Waals surface area contributed by atoms with Crippen molar-refractivity contribution in [1.29, 1.82) is 0 Å². The number of nitrogens with one attached hydrogen (secondary N) is 1. The Morgan fingerprint density at radius 3 is 2.65 bits per heavy atom. The Morgan fingerprint density at radius 1 is 0.941 bits per heavy atom. The summed E-state index contributed by atoms with van der Waals surface area (Å²) in [5.74, 6) is 1.91. The van der Waals surface area contributed by atoms with Gasteiger partial charge >= 0.3 is 0 Å². The van der Waals surface area contributed by atoms with Crippen LogP contribution in [0.5, 0.6) is 5.75 Å². The van der Waals surface area contributed by atoms with Gasteiger partial charge in [-0.15, -0.1) is 0 Å². The smallest absolute Gasteiger partial charge is 0.128 e. The highest BCUT2D eigenvalue weighted by molar-refractivity contribution is 6.03. The topological polar surface area (TPSA) is 33.6 Å². The quantitative estimate of drug-likeness (QED) is 0.251. The molecule has 0 unspecified atom stereocenters. The molecule has 1 aliphatic carbocycles. The van der Waals surface area contributed by atoms with Crippen LogP contribution in [0.15, 0.2) is 102 Å². The average molecular weight is 445 g/mol. The van der Waals surface area contributed by atoms with E-state index in [9.17, 15) is 0 Å². The van der Waals surface area contributed by atoms with E-state index in [1.807, 2.05) is 19.2 Å². The van der Waals surface area contributed by atoms with E-state index < -0.39 is 0 Å². The number of hydrogen-bond donors (Lipinski definition) is 1. The molecule has 0 aromatic heterocycles. The van der Waals surface area contributed by atoms with Crippen molar-refractivity contribution in [3.8, 4) is 5.75 Å². The first-order valence-corrected chi connectivity index (χ1v) is 12.1. The lowest BCUT2D eigenvalue weighted by Crippen LogP contribution is -2.28. The highest BCUT2D eigenvalue weighted by Gasteiger charge is 2.37. The standard InChI is InChI=1S/C31H28N2O/c1-2-34-30-19-16-21-8-3-4-9-24(21)28(30)20-32-23-17-14-22(15-18-23)31-27-12-7-11-25(27)26-10-5-6-13-29(26)33-31/h3-11,13-20,25,27,31,33H,2,12H2,1H3/t25-,27-,31-/m0/s1. The van der Waals surface area contributed by atoms with Crippen molar-refractivity contribution in [2.75, 3.05) is 11.9 Å². The van der Waals surface area contributed by atoms with Gasteiger partial charge in [0.1, 0.15) is 5.75 Å². The van der Waals surface area contributed by atoms with E-state index in [1.165, 1.54) is 22.2 Å². The van der Waals surface area contributed by atoms with Gasteiger partial charge in [0.15, 0.2) is 0 Å². The van der Waals surface area contributed by atoms with Crippen molar-refractivity contribution in [2.24, 2.45) is 10.9 Å². The Morgan fingerprint density at radius 2 is 1.76 bits per heavy atom. The largest absolute Gasteiger partial charge is 0.493 e. The van der Waals surface area contributed by atoms with Crippen molar-refractivity contribution >= 4 is 28.4 Å². The molecular formula is C31H28N2O. The summed E-state index contributed by atoms with van der Waals surface area (Å²) < 4.78 is 5.90. The third kappa shape index (κ3) is 3.67. The number of allylic oxidation sites excluding steroid dienone is 2. The molecule has 0 amide bonds. The number of aliphatic imine (C=N–C) groups is 1. The van der Waals surface area contributed by atoms with Gasteiger partial charge in [-0.1, -0.05) is 72.8 Å². The van der Waals surface area contributed by atoms with Crippen LogP contribution < -0.4 is 10.1 Å². The SMILES string of the molecule is CCOc1ccc2ccccc2c1C=Nc1ccc([C@@H]2Nc3ccccc3[C@@H]3C=CC[C@@H]32)cc1. The van der Waals surface area contributed by atoms with Crippen LogP contribution in [0.1, 0.15) is 42.0 Å². The summed E-state index contributed by atoms with van der Waals surface area (Å²) in [6.07, 6.45) is 7.77. The van der Waals surface area contributed by atoms with Crippen LogP contribution in [-0.2, 0) is 0 Å². The molecule has 3 nitrogen and oxygen atoms in total. The fourth-order valence-electron chi connectivity index (χ4n) is 5.47. The molecule has 0 bridgehead atoms. The summed E-state index contributed by atoms with van der Waals surface area (Å²) in [7, 11) is 0. The van der Waals surface area contributed by atoms with Crippen LogP contribution in [0.25, 0.3) is 10.8 Å². The van der Waals surface area contributed by atoms with E-state index in [1.54, 1.807) is 0 Å². The zero-order valence-electron chi connectivity index (χ0n) is 19.3. The van der Waals surface area contributed by atoms with Gasteiger partial charge in [0, 0.05) is 23.4 Å². The average Bonchev–Trinajstić information content (AvgIpc) is 3.38. The van der Waals surface area contributed by atoms with Crippen molar-refractivity contribution in [1.82, 2.24) is 0 Å². The highest BCUT2D eigenvalue weighted by Crippen LogP contribution is 2.49. The van der Waals surface area contributed by atoms with E-state index >= 15 is 0 Å². The maximum Gasteiger partial charge on any atom is 0.128 e. The summed E-state index contributed by atoms with van der Waals surface area (Å²) >= 11 is 0. The van der Waals surface area contributed by atoms with Crippen LogP contribution in [0.2, 0.25) is 0 Å². The molecule has 3 atom stereocenters. The van der Waals surface area contributed by atoms with Gasteiger partial charge in [0.2, 0.25) is 0 Å². The van der Waals surface area contributed by atoms with Crippen LogP contribution in [0.4, 0.5) is 11.4 Å². The molecule has 4 aromatic carbocycles. The minimum absolute atomic E-state index is 0.301. The van der Waals surface area contributed by atoms with Gasteiger partial charge in [0.25, 0.3) is 0 Å². The summed E-state index contributed by atoms with van der Waals surface area (Å²) in [6.45, 7) is 2.64. The van der Waals surface area contributed by atoms with Crippen LogP contribution in [0.3, 0.4) is 0 Å². The molecule has 4 aromatic rings. The first-order chi connectivity index (χ1) is 16.8. The lowest BCUT2D eigenvalue weighted by atomic mass is 9.77. The second-order valence-electron chi connectivity index (χ2n) is 9.04. The summed E-state index contributed by atoms with van der Waals surface area (Å²) in [5.41, 5.74) is 5.94. The molecule has 3 heteroatoms. The third-order valence-corrected chi connectivity index (χ3v) is 7.10. The first kappa shape index (κ1) is 20.7. The van der Waals surface area contributed by atoms with Crippen LogP contribution in [-0.4, -0.2) is 12.8 Å². The molecule has 2 aliphatic rings. The van der Waals surface area contributed by atoms with Crippen molar-refractivity contribution in [3.05, 3.63) is 114 Å². The normalized spacial score (nSPS) is 20.8. The van der Waals surface area contributed by atoms with Crippen molar-refractivity contribution in [2.45, 2.75) is 25.3 Å². The molecule has 1 heterocycles. The Bertz CT molecular complexity index is 1390. The number of rotatable bonds is 5. The second-order valence-corrected chi connectivity index (χ2v) is 9.04. The van der Waals surface area contributed by atoms with Crippen LogP contribution in [0, 0.1) is 5.92 Å². The predicted molar refractivity (Wildman–Crippen MR) is 142 cm³/mol. The van der Waals surface area contributed by atoms with E-state index in [2.05, 4.69) is 96.3 Å². The molecule has 6 rings (SSSR count). The van der Waals surface area contributed by atoms with Crippen molar-refractivity contribution in [3.63, 3.8) is 0 Å². The van der Waals surface area contributed by atoms with E-state index in [-0.39, 0.29) is 0 Å². The van der Waals surface area contributed by atoms with Crippen LogP contribution >= 0.6 is 0 Å². The first-order valence-electron chi connectivity index (χ1n) is 12.1. The highest BCUT2D eigenvalue weighted by atomic mass is 16.5. The molecule has 0 saturated carbocycles. The molecule has 0 radical (unpaired) electrons. The molecule has 34 heavy (non-hydrogen) atoms. The Labute approximate surface area is 200 Å². The Kier molecular flexibility index (Phi) is 5.38. The number of nitrogens with zero attached hydrogens (tertiary/aromatic N) is 1. The zero-order valence-corrected chi connectivity index (χ0v) is 19.3. The molecule has 1 aliphatic heterocycles. The number of benzene rings is 4. The monoisotopic (exact) mass is 444 g/mol. The molecule has 1 N–H and O–H groups in total. The second kappa shape index (κ2) is 8.83. The van der Waals surface area contributed by atoms with Gasteiger partial charge in [-0.25, -0.2) is 0 Å². The number of para-hydroxylation sites is 1. The molecule has 0 fully saturated rings. The fraction of sp³-hybridized carbons (Fsp3) is 0.194. The maximum atomic E-state index is 5.90. The maximum absolute atomic E-state index is 5.90. The summed E-state index contributed by atoms with van der Waals surface area (Å²) in [5, 5.41) is 6.15. The van der Waals surface area contributed by atoms with E-state index in [4.69, 9.17) is 9.73 Å². The van der Waals surface area contributed by atoms with Gasteiger partial charge < -0.3 is 10.1 Å². The number of fused-ring (bicyclic) bond motifs is 4. The van der Waals surface area contributed by atoms with E-state index in [0.717, 1.165) is 28.8 Å². The van der Waals surface area contributed by atoms with Crippen molar-refractivity contribution < 1.29 is 4.74 Å². The number of hydrogen-bond acceptors (Lipinski definition) is 3. The summed E-state index contributed by atoms with van der Waals surface area (Å²) in [6, 6.07) is 30.2. The third-order valence-electron chi connectivity index (χ3n) is 7.10. The Hall–Kier alpha value is -3.85. The van der Waals surface area contributed by atoms with Gasteiger partial charge in [-0.2, -0.15) is 0 Å². The lowest BCUT2D eigenvalue weighted by molar-refractivity contribution is 0.340. The lowest BCUT2D eigenvalue weighted by Gasteiger charge is -2.37. The minimum Gasteiger partial charge on any atom is -0.493 e. The molecule has 0 saturated heterocycles. The summed E-state index contributed by atoms with van der Waals surface area (Å²) in [4.78, 5) is 4.82. The molecule has 168 valence electrons. The van der Waals surface area contributed by atoms with Gasteiger partial charge in [0.05, 0.1) is 18.3 Å². The van der Waals surface area contributed by atoms with Gasteiger partial charge in [-0.3, -0.25) is 4.99 Å².